The summed E-state index contributed by atoms with van der Waals surface area (Å²) in [5.41, 5.74) is 0. The van der Waals surface area contributed by atoms with Gasteiger partial charge in [0.2, 0.25) is 10.0 Å². The Hall–Kier alpha value is -0.100. The van der Waals surface area contributed by atoms with Gasteiger partial charge in [0.05, 0.1) is 4.90 Å². The molecule has 0 saturated heterocycles. The lowest BCUT2D eigenvalue weighted by Crippen LogP contribution is -2.34. The van der Waals surface area contributed by atoms with Crippen molar-refractivity contribution in [2.45, 2.75) is 30.6 Å². The Morgan fingerprint density at radius 2 is 1.95 bits per heavy atom. The van der Waals surface area contributed by atoms with E-state index >= 15 is 0 Å². The van der Waals surface area contributed by atoms with Crippen molar-refractivity contribution in [2.75, 3.05) is 11.9 Å². The van der Waals surface area contributed by atoms with Crippen molar-refractivity contribution >= 4 is 37.6 Å². The van der Waals surface area contributed by atoms with Gasteiger partial charge in [-0.25, -0.2) is 13.1 Å². The molecule has 1 saturated carbocycles. The van der Waals surface area contributed by atoms with Crippen LogP contribution in [0, 0.1) is 11.8 Å². The molecule has 112 valence electrons. The maximum Gasteiger partial charge on any atom is 0.240 e. The first kappa shape index (κ1) is 16.3. The van der Waals surface area contributed by atoms with Gasteiger partial charge in [-0.15, -0.1) is 0 Å². The molecule has 2 rings (SSSR count). The van der Waals surface area contributed by atoms with E-state index in [1.807, 2.05) is 0 Å². The van der Waals surface area contributed by atoms with Crippen molar-refractivity contribution in [2.24, 2.45) is 11.8 Å². The van der Waals surface area contributed by atoms with Gasteiger partial charge in [-0.05, 0) is 42.9 Å². The third-order valence-electron chi connectivity index (χ3n) is 3.91. The second-order valence-electron chi connectivity index (χ2n) is 5.27. The van der Waals surface area contributed by atoms with E-state index in [-0.39, 0.29) is 4.90 Å². The lowest BCUT2D eigenvalue weighted by atomic mass is 9.80. The molecule has 1 fully saturated rings. The third kappa shape index (κ3) is 4.20. The molecule has 1 N–H and O–H groups in total. The third-order valence-corrected chi connectivity index (χ3v) is 6.39. The average Bonchev–Trinajstić information content (AvgIpc) is 2.45. The number of halogens is 2. The zero-order valence-corrected chi connectivity index (χ0v) is 14.3. The number of rotatable bonds is 5. The van der Waals surface area contributed by atoms with Crippen LogP contribution in [0.2, 0.25) is 5.02 Å². The summed E-state index contributed by atoms with van der Waals surface area (Å²) in [5, 5.41) is 1.38. The summed E-state index contributed by atoms with van der Waals surface area (Å²) < 4.78 is 27.2. The lowest BCUT2D eigenvalue weighted by molar-refractivity contribution is 0.263. The van der Waals surface area contributed by atoms with Crippen LogP contribution in [0.15, 0.2) is 29.2 Å². The van der Waals surface area contributed by atoms with E-state index in [9.17, 15) is 8.42 Å². The molecule has 0 aromatic heterocycles. The second-order valence-corrected chi connectivity index (χ2v) is 8.12. The number of alkyl halides is 1. The van der Waals surface area contributed by atoms with Gasteiger partial charge in [-0.2, -0.15) is 0 Å². The van der Waals surface area contributed by atoms with Crippen LogP contribution in [0.25, 0.3) is 0 Å². The van der Waals surface area contributed by atoms with E-state index in [1.54, 1.807) is 18.2 Å². The van der Waals surface area contributed by atoms with Crippen molar-refractivity contribution in [1.29, 1.82) is 0 Å². The van der Waals surface area contributed by atoms with Crippen molar-refractivity contribution in [3.8, 4) is 0 Å². The first-order valence-electron chi connectivity index (χ1n) is 6.84. The molecule has 0 heterocycles. The van der Waals surface area contributed by atoms with Gasteiger partial charge in [-0.3, -0.25) is 0 Å². The molecule has 0 bridgehead atoms. The summed E-state index contributed by atoms with van der Waals surface area (Å²) in [6, 6.07) is 6.37. The summed E-state index contributed by atoms with van der Waals surface area (Å²) in [7, 11) is -3.46. The molecular formula is C14H19BrClNO2S. The highest BCUT2D eigenvalue weighted by Gasteiger charge is 2.26. The molecule has 1 aliphatic carbocycles. The molecular weight excluding hydrogens is 362 g/mol. The first-order valence-corrected chi connectivity index (χ1v) is 9.82. The van der Waals surface area contributed by atoms with Crippen molar-refractivity contribution in [3.05, 3.63) is 29.3 Å². The summed E-state index contributed by atoms with van der Waals surface area (Å²) in [4.78, 5) is 0.233. The Bertz CT molecular complexity index is 550. The van der Waals surface area contributed by atoms with Gasteiger partial charge in [0.15, 0.2) is 0 Å². The zero-order chi connectivity index (χ0) is 14.6. The van der Waals surface area contributed by atoms with Crippen molar-refractivity contribution in [1.82, 2.24) is 4.72 Å². The van der Waals surface area contributed by atoms with E-state index < -0.39 is 10.0 Å². The molecule has 2 atom stereocenters. The molecule has 1 aliphatic rings. The summed E-state index contributed by atoms with van der Waals surface area (Å²) in [5.74, 6) is 0.975. The number of sulfonamides is 1. The van der Waals surface area contributed by atoms with E-state index in [0.717, 1.165) is 11.8 Å². The number of hydrogen-bond donors (Lipinski definition) is 1. The molecule has 3 nitrogen and oxygen atoms in total. The van der Waals surface area contributed by atoms with Crippen molar-refractivity contribution < 1.29 is 8.42 Å². The minimum Gasteiger partial charge on any atom is -0.211 e. The van der Waals surface area contributed by atoms with Crippen LogP contribution < -0.4 is 4.72 Å². The Balaban J connectivity index is 2.02. The van der Waals surface area contributed by atoms with Crippen LogP contribution in [-0.4, -0.2) is 20.3 Å². The van der Waals surface area contributed by atoms with E-state index in [4.69, 9.17) is 11.6 Å². The predicted octanol–water partition coefficient (Wildman–Crippen LogP) is 3.82. The standard InChI is InChI=1S/C14H19BrClNO2S/c15-9-11-4-1-2-5-12(11)10-17-20(18,19)14-7-3-6-13(16)8-14/h3,6-8,11-12,17H,1-2,4-5,9-10H2. The molecule has 1 aromatic carbocycles. The highest BCUT2D eigenvalue weighted by atomic mass is 79.9. The van der Waals surface area contributed by atoms with E-state index in [0.29, 0.717) is 23.4 Å². The fourth-order valence-electron chi connectivity index (χ4n) is 2.69. The largest absolute Gasteiger partial charge is 0.240 e. The van der Waals surface area contributed by atoms with Crippen LogP contribution in [0.5, 0.6) is 0 Å². The first-order chi connectivity index (χ1) is 9.53. The predicted molar refractivity (Wildman–Crippen MR) is 85.9 cm³/mol. The van der Waals surface area contributed by atoms with Gasteiger partial charge in [0.25, 0.3) is 0 Å². The highest BCUT2D eigenvalue weighted by Crippen LogP contribution is 2.31. The summed E-state index contributed by atoms with van der Waals surface area (Å²) in [6.45, 7) is 0.505. The zero-order valence-electron chi connectivity index (χ0n) is 11.2. The van der Waals surface area contributed by atoms with Crippen LogP contribution >= 0.6 is 27.5 Å². The van der Waals surface area contributed by atoms with Gasteiger partial charge in [-0.1, -0.05) is 46.4 Å². The molecule has 0 radical (unpaired) electrons. The molecule has 20 heavy (non-hydrogen) atoms. The molecule has 0 aliphatic heterocycles. The van der Waals surface area contributed by atoms with Crippen LogP contribution in [-0.2, 0) is 10.0 Å². The average molecular weight is 381 g/mol. The fraction of sp³-hybridized carbons (Fsp3) is 0.571. The maximum absolute atomic E-state index is 12.2. The van der Waals surface area contributed by atoms with Crippen LogP contribution in [0.1, 0.15) is 25.7 Å². The number of hydrogen-bond acceptors (Lipinski definition) is 2. The SMILES string of the molecule is O=S(=O)(NCC1CCCCC1CBr)c1cccc(Cl)c1. The lowest BCUT2D eigenvalue weighted by Gasteiger charge is -2.30. The normalized spacial score (nSPS) is 23.7. The molecule has 2 unspecified atom stereocenters. The van der Waals surface area contributed by atoms with Crippen LogP contribution in [0.3, 0.4) is 0 Å². The van der Waals surface area contributed by atoms with Crippen LogP contribution in [0.4, 0.5) is 0 Å². The number of nitrogens with one attached hydrogen (secondary N) is 1. The highest BCUT2D eigenvalue weighted by molar-refractivity contribution is 9.09. The Morgan fingerprint density at radius 1 is 1.25 bits per heavy atom. The maximum atomic E-state index is 12.2. The van der Waals surface area contributed by atoms with Gasteiger partial charge >= 0.3 is 0 Å². The fourth-order valence-corrected chi connectivity index (χ4v) is 4.94. The monoisotopic (exact) mass is 379 g/mol. The minimum absolute atomic E-state index is 0.233. The van der Waals surface area contributed by atoms with Gasteiger partial charge in [0.1, 0.15) is 0 Å². The molecule has 6 heteroatoms. The van der Waals surface area contributed by atoms with Gasteiger partial charge in [0, 0.05) is 16.9 Å². The molecule has 1 aromatic rings. The smallest absolute Gasteiger partial charge is 0.211 e. The van der Waals surface area contributed by atoms with Crippen molar-refractivity contribution in [3.63, 3.8) is 0 Å². The molecule has 0 spiro atoms. The number of benzene rings is 1. The topological polar surface area (TPSA) is 46.2 Å². The quantitative estimate of drug-likeness (QED) is 0.789. The summed E-state index contributed by atoms with van der Waals surface area (Å²) in [6.07, 6.45) is 4.70. The minimum atomic E-state index is -3.46. The van der Waals surface area contributed by atoms with E-state index in [1.165, 1.54) is 25.3 Å². The second kappa shape index (κ2) is 7.25. The Morgan fingerprint density at radius 3 is 2.60 bits per heavy atom. The Kier molecular flexibility index (Phi) is 5.90. The Labute approximate surface area is 134 Å². The van der Waals surface area contributed by atoms with E-state index in [2.05, 4.69) is 20.7 Å². The molecule has 0 amide bonds. The van der Waals surface area contributed by atoms with Gasteiger partial charge < -0.3 is 0 Å². The summed E-state index contributed by atoms with van der Waals surface area (Å²) >= 11 is 9.38.